The Morgan fingerprint density at radius 2 is 2.08 bits per heavy atom. The van der Waals surface area contributed by atoms with Crippen molar-refractivity contribution in [1.82, 2.24) is 5.32 Å². The van der Waals surface area contributed by atoms with Crippen LogP contribution in [0.15, 0.2) is 0 Å². The van der Waals surface area contributed by atoms with Crippen molar-refractivity contribution in [2.75, 3.05) is 6.54 Å². The van der Waals surface area contributed by atoms with Gasteiger partial charge < -0.3 is 15.5 Å². The van der Waals surface area contributed by atoms with Gasteiger partial charge >= 0.3 is 6.09 Å². The summed E-state index contributed by atoms with van der Waals surface area (Å²) in [6, 6.07) is 0. The number of rotatable bonds is 4. The number of nitrogens with one attached hydrogen (secondary N) is 1. The highest BCUT2D eigenvalue weighted by Gasteiger charge is 2.22. The maximum absolute atomic E-state index is 10.1. The van der Waals surface area contributed by atoms with Gasteiger partial charge in [0.15, 0.2) is 0 Å². The molecule has 0 aromatic carbocycles. The average Bonchev–Trinajstić information content (AvgIpc) is 2.55. The number of carboxylic acid groups (broad SMARTS) is 1. The van der Waals surface area contributed by atoms with Crippen LogP contribution in [0.4, 0.5) is 4.79 Å². The van der Waals surface area contributed by atoms with Crippen molar-refractivity contribution in [1.29, 1.82) is 0 Å². The fourth-order valence-corrected chi connectivity index (χ4v) is 1.90. The van der Waals surface area contributed by atoms with Crippen LogP contribution in [-0.2, 0) is 0 Å². The maximum atomic E-state index is 10.1. The van der Waals surface area contributed by atoms with E-state index in [2.05, 4.69) is 5.32 Å². The van der Waals surface area contributed by atoms with E-state index in [0.717, 1.165) is 12.8 Å². The standard InChI is InChI=1S/C9H17NO3/c11-8(5-6-10-9(12)13)7-3-1-2-4-7/h7-8,10-11H,1-6H2,(H,12,13). The zero-order valence-electron chi connectivity index (χ0n) is 7.70. The fourth-order valence-electron chi connectivity index (χ4n) is 1.90. The van der Waals surface area contributed by atoms with Gasteiger partial charge in [0.2, 0.25) is 0 Å². The Bertz CT molecular complexity index is 166. The molecule has 1 unspecified atom stereocenters. The molecule has 0 bridgehead atoms. The lowest BCUT2D eigenvalue weighted by Gasteiger charge is -2.16. The molecule has 13 heavy (non-hydrogen) atoms. The molecular formula is C9H17NO3. The topological polar surface area (TPSA) is 69.6 Å². The molecule has 0 spiro atoms. The number of aliphatic hydroxyl groups is 1. The van der Waals surface area contributed by atoms with E-state index in [4.69, 9.17) is 5.11 Å². The molecule has 1 rings (SSSR count). The first-order chi connectivity index (χ1) is 6.20. The van der Waals surface area contributed by atoms with E-state index in [0.29, 0.717) is 18.9 Å². The first kappa shape index (κ1) is 10.3. The maximum Gasteiger partial charge on any atom is 0.404 e. The van der Waals surface area contributed by atoms with Gasteiger partial charge in [0.25, 0.3) is 0 Å². The largest absolute Gasteiger partial charge is 0.465 e. The van der Waals surface area contributed by atoms with Gasteiger partial charge in [-0.2, -0.15) is 0 Å². The minimum atomic E-state index is -1.02. The predicted octanol–water partition coefficient (Wildman–Crippen LogP) is 1.20. The summed E-state index contributed by atoms with van der Waals surface area (Å²) in [4.78, 5) is 10.1. The predicted molar refractivity (Wildman–Crippen MR) is 48.6 cm³/mol. The highest BCUT2D eigenvalue weighted by molar-refractivity contribution is 5.64. The van der Waals surface area contributed by atoms with Gasteiger partial charge in [0.1, 0.15) is 0 Å². The van der Waals surface area contributed by atoms with Crippen molar-refractivity contribution in [3.05, 3.63) is 0 Å². The molecule has 1 fully saturated rings. The first-order valence-electron chi connectivity index (χ1n) is 4.85. The number of carbonyl (C=O) groups is 1. The Kier molecular flexibility index (Phi) is 4.02. The Morgan fingerprint density at radius 3 is 2.62 bits per heavy atom. The van der Waals surface area contributed by atoms with E-state index in [1.807, 2.05) is 0 Å². The molecule has 0 saturated heterocycles. The Morgan fingerprint density at radius 1 is 1.46 bits per heavy atom. The molecule has 76 valence electrons. The first-order valence-corrected chi connectivity index (χ1v) is 4.85. The zero-order chi connectivity index (χ0) is 9.68. The monoisotopic (exact) mass is 187 g/mol. The van der Waals surface area contributed by atoms with Gasteiger partial charge in [-0.15, -0.1) is 0 Å². The lowest BCUT2D eigenvalue weighted by atomic mass is 9.98. The van der Waals surface area contributed by atoms with E-state index < -0.39 is 6.09 Å². The number of amides is 1. The van der Waals surface area contributed by atoms with Crippen LogP contribution in [0.25, 0.3) is 0 Å². The van der Waals surface area contributed by atoms with Crippen molar-refractivity contribution in [3.63, 3.8) is 0 Å². The summed E-state index contributed by atoms with van der Waals surface area (Å²) >= 11 is 0. The fraction of sp³-hybridized carbons (Fsp3) is 0.889. The van der Waals surface area contributed by atoms with Gasteiger partial charge in [-0.05, 0) is 25.2 Å². The summed E-state index contributed by atoms with van der Waals surface area (Å²) in [6.07, 6.45) is 3.79. The molecule has 3 N–H and O–H groups in total. The van der Waals surface area contributed by atoms with Crippen LogP contribution in [-0.4, -0.2) is 29.0 Å². The van der Waals surface area contributed by atoms with Gasteiger partial charge in [-0.3, -0.25) is 0 Å². The van der Waals surface area contributed by atoms with Gasteiger partial charge in [0, 0.05) is 6.54 Å². The van der Waals surface area contributed by atoms with Crippen molar-refractivity contribution in [2.45, 2.75) is 38.2 Å². The molecule has 0 aromatic rings. The highest BCUT2D eigenvalue weighted by Crippen LogP contribution is 2.28. The molecule has 1 atom stereocenters. The van der Waals surface area contributed by atoms with Crippen LogP contribution in [0, 0.1) is 5.92 Å². The smallest absolute Gasteiger partial charge is 0.404 e. The second kappa shape index (κ2) is 5.07. The third kappa shape index (κ3) is 3.63. The Hall–Kier alpha value is -0.770. The summed E-state index contributed by atoms with van der Waals surface area (Å²) in [5.74, 6) is 0.399. The van der Waals surface area contributed by atoms with E-state index in [9.17, 15) is 9.90 Å². The van der Waals surface area contributed by atoms with Crippen LogP contribution in [0.2, 0.25) is 0 Å². The van der Waals surface area contributed by atoms with Crippen LogP contribution in [0.1, 0.15) is 32.1 Å². The van der Waals surface area contributed by atoms with Gasteiger partial charge in [-0.25, -0.2) is 4.79 Å². The van der Waals surface area contributed by atoms with Crippen molar-refractivity contribution in [3.8, 4) is 0 Å². The van der Waals surface area contributed by atoms with Gasteiger partial charge in [-0.1, -0.05) is 12.8 Å². The third-order valence-electron chi connectivity index (χ3n) is 2.66. The Labute approximate surface area is 78.0 Å². The molecule has 1 amide bonds. The molecule has 1 aliphatic rings. The molecule has 0 radical (unpaired) electrons. The number of hydrogen-bond acceptors (Lipinski definition) is 2. The van der Waals surface area contributed by atoms with E-state index in [1.54, 1.807) is 0 Å². The van der Waals surface area contributed by atoms with E-state index in [1.165, 1.54) is 12.8 Å². The zero-order valence-corrected chi connectivity index (χ0v) is 7.70. The molecule has 4 heteroatoms. The van der Waals surface area contributed by atoms with Crippen molar-refractivity contribution < 1.29 is 15.0 Å². The molecule has 4 nitrogen and oxygen atoms in total. The van der Waals surface area contributed by atoms with E-state index >= 15 is 0 Å². The highest BCUT2D eigenvalue weighted by atomic mass is 16.4. The SMILES string of the molecule is O=C(O)NCCC(O)C1CCCC1. The van der Waals surface area contributed by atoms with Crippen LogP contribution >= 0.6 is 0 Å². The minimum Gasteiger partial charge on any atom is -0.465 e. The van der Waals surface area contributed by atoms with Gasteiger partial charge in [0.05, 0.1) is 6.10 Å². The molecule has 0 heterocycles. The normalized spacial score (nSPS) is 20.1. The minimum absolute atomic E-state index is 0.325. The number of hydrogen-bond donors (Lipinski definition) is 3. The summed E-state index contributed by atoms with van der Waals surface area (Å²) in [6.45, 7) is 0.354. The summed E-state index contributed by atoms with van der Waals surface area (Å²) in [5, 5.41) is 20.2. The second-order valence-corrected chi connectivity index (χ2v) is 3.63. The summed E-state index contributed by atoms with van der Waals surface area (Å²) < 4.78 is 0. The van der Waals surface area contributed by atoms with E-state index in [-0.39, 0.29) is 6.10 Å². The molecule has 1 saturated carbocycles. The lowest BCUT2D eigenvalue weighted by Crippen LogP contribution is -2.28. The van der Waals surface area contributed by atoms with Crippen LogP contribution < -0.4 is 5.32 Å². The lowest BCUT2D eigenvalue weighted by molar-refractivity contribution is 0.101. The summed E-state index contributed by atoms with van der Waals surface area (Å²) in [7, 11) is 0. The molecule has 1 aliphatic carbocycles. The number of aliphatic hydroxyl groups excluding tert-OH is 1. The van der Waals surface area contributed by atoms with Crippen molar-refractivity contribution >= 4 is 6.09 Å². The quantitative estimate of drug-likeness (QED) is 0.619. The van der Waals surface area contributed by atoms with Crippen LogP contribution in [0.3, 0.4) is 0 Å². The average molecular weight is 187 g/mol. The molecular weight excluding hydrogens is 170 g/mol. The Balaban J connectivity index is 2.09. The van der Waals surface area contributed by atoms with Crippen molar-refractivity contribution in [2.24, 2.45) is 5.92 Å². The second-order valence-electron chi connectivity index (χ2n) is 3.63. The molecule has 0 aromatic heterocycles. The molecule has 0 aliphatic heterocycles. The third-order valence-corrected chi connectivity index (χ3v) is 2.66. The van der Waals surface area contributed by atoms with Crippen LogP contribution in [0.5, 0.6) is 0 Å². The summed E-state index contributed by atoms with van der Waals surface area (Å²) in [5.41, 5.74) is 0.